The first kappa shape index (κ1) is 17.8. The molecule has 4 nitrogen and oxygen atoms in total. The lowest BCUT2D eigenvalue weighted by molar-refractivity contribution is 0.0291. The Bertz CT molecular complexity index is 543. The maximum absolute atomic E-state index is 12.0. The molecular weight excluding hydrogens is 412 g/mol. The summed E-state index contributed by atoms with van der Waals surface area (Å²) in [6.45, 7) is 7.91. The molecule has 0 radical (unpaired) electrons. The average molecular weight is 434 g/mol. The lowest BCUT2D eigenvalue weighted by Gasteiger charge is -2.24. The van der Waals surface area contributed by atoms with Gasteiger partial charge in [-0.15, -0.1) is 0 Å². The predicted octanol–water partition coefficient (Wildman–Crippen LogP) is 4.31. The Balaban J connectivity index is 1.81. The first-order chi connectivity index (χ1) is 10.2. The molecule has 1 heterocycles. The number of benzene rings is 1. The van der Waals surface area contributed by atoms with Crippen LogP contribution in [0, 0.1) is 0 Å². The van der Waals surface area contributed by atoms with Crippen molar-refractivity contribution >= 4 is 38.0 Å². The number of hydrogen-bond donors (Lipinski definition) is 1. The molecule has 22 heavy (non-hydrogen) atoms. The zero-order valence-electron chi connectivity index (χ0n) is 13.2. The minimum absolute atomic E-state index is 0.219. The van der Waals surface area contributed by atoms with Gasteiger partial charge in [0.2, 0.25) is 0 Å². The highest BCUT2D eigenvalue weighted by molar-refractivity contribution is 9.13. The van der Waals surface area contributed by atoms with Crippen molar-refractivity contribution in [1.29, 1.82) is 0 Å². The molecule has 2 rings (SSSR count). The largest absolute Gasteiger partial charge is 0.444 e. The second-order valence-electron chi connectivity index (χ2n) is 6.54. The van der Waals surface area contributed by atoms with Crippen molar-refractivity contribution in [3.63, 3.8) is 0 Å². The quantitative estimate of drug-likeness (QED) is 0.771. The number of carbonyl (C=O) groups excluding carboxylic acids is 1. The van der Waals surface area contributed by atoms with Crippen molar-refractivity contribution < 1.29 is 9.53 Å². The molecule has 0 spiro atoms. The molecule has 1 aliphatic heterocycles. The van der Waals surface area contributed by atoms with E-state index in [9.17, 15) is 4.79 Å². The summed E-state index contributed by atoms with van der Waals surface area (Å²) in [4.78, 5) is 13.8. The van der Waals surface area contributed by atoms with Crippen molar-refractivity contribution in [2.75, 3.05) is 13.1 Å². The van der Waals surface area contributed by atoms with Crippen molar-refractivity contribution in [2.45, 2.75) is 45.4 Å². The zero-order chi connectivity index (χ0) is 16.3. The van der Waals surface area contributed by atoms with E-state index in [0.29, 0.717) is 12.6 Å². The Morgan fingerprint density at radius 2 is 2.09 bits per heavy atom. The molecule has 1 unspecified atom stereocenters. The second-order valence-corrected chi connectivity index (χ2v) is 8.25. The lowest BCUT2D eigenvalue weighted by atomic mass is 10.2. The van der Waals surface area contributed by atoms with Gasteiger partial charge in [-0.2, -0.15) is 0 Å². The number of ether oxygens (including phenoxy) is 1. The zero-order valence-corrected chi connectivity index (χ0v) is 16.3. The summed E-state index contributed by atoms with van der Waals surface area (Å²) in [6, 6.07) is 6.53. The molecule has 0 bridgehead atoms. The molecule has 1 atom stereocenters. The van der Waals surface area contributed by atoms with Crippen molar-refractivity contribution in [1.82, 2.24) is 10.2 Å². The molecule has 122 valence electrons. The van der Waals surface area contributed by atoms with E-state index in [2.05, 4.69) is 49.3 Å². The van der Waals surface area contributed by atoms with Crippen LogP contribution in [-0.4, -0.2) is 35.7 Å². The summed E-state index contributed by atoms with van der Waals surface area (Å²) < 4.78 is 7.51. The smallest absolute Gasteiger partial charge is 0.410 e. The summed E-state index contributed by atoms with van der Waals surface area (Å²) in [7, 11) is 0. The van der Waals surface area contributed by atoms with Crippen LogP contribution in [0.5, 0.6) is 0 Å². The van der Waals surface area contributed by atoms with Gasteiger partial charge in [0.15, 0.2) is 0 Å². The fourth-order valence-corrected chi connectivity index (χ4v) is 3.00. The molecule has 6 heteroatoms. The van der Waals surface area contributed by atoms with Crippen LogP contribution < -0.4 is 5.32 Å². The summed E-state index contributed by atoms with van der Waals surface area (Å²) >= 11 is 6.98. The molecule has 1 N–H and O–H groups in total. The molecule has 1 aromatic rings. The Labute approximate surface area is 148 Å². The number of hydrogen-bond acceptors (Lipinski definition) is 3. The van der Waals surface area contributed by atoms with Gasteiger partial charge in [0.25, 0.3) is 0 Å². The fraction of sp³-hybridized carbons (Fsp3) is 0.562. The SMILES string of the molecule is CC(C)(C)OC(=O)N1CCC(NCc2ccc(Br)c(Br)c2)C1. The van der Waals surface area contributed by atoms with Crippen LogP contribution in [0.4, 0.5) is 4.79 Å². The normalized spacial score (nSPS) is 18.6. The van der Waals surface area contributed by atoms with E-state index in [1.807, 2.05) is 26.8 Å². The lowest BCUT2D eigenvalue weighted by Crippen LogP contribution is -2.38. The summed E-state index contributed by atoms with van der Waals surface area (Å²) in [5.41, 5.74) is 0.776. The van der Waals surface area contributed by atoms with Crippen LogP contribution in [0.3, 0.4) is 0 Å². The van der Waals surface area contributed by atoms with E-state index in [4.69, 9.17) is 4.74 Å². The van der Waals surface area contributed by atoms with Crippen LogP contribution in [-0.2, 0) is 11.3 Å². The van der Waals surface area contributed by atoms with Crippen molar-refractivity contribution in [3.8, 4) is 0 Å². The predicted molar refractivity (Wildman–Crippen MR) is 94.9 cm³/mol. The molecule has 0 aromatic heterocycles. The van der Waals surface area contributed by atoms with Gasteiger partial charge in [-0.1, -0.05) is 6.07 Å². The molecule has 1 fully saturated rings. The Hall–Kier alpha value is -0.590. The molecular formula is C16H22Br2N2O2. The number of carbonyl (C=O) groups is 1. The van der Waals surface area contributed by atoms with Gasteiger partial charge in [0.1, 0.15) is 5.60 Å². The van der Waals surface area contributed by atoms with E-state index in [-0.39, 0.29) is 6.09 Å². The van der Waals surface area contributed by atoms with Crippen LogP contribution >= 0.6 is 31.9 Å². The minimum atomic E-state index is -0.438. The van der Waals surface area contributed by atoms with Crippen molar-refractivity contribution in [2.24, 2.45) is 0 Å². The number of amides is 1. The summed E-state index contributed by atoms with van der Waals surface area (Å²) in [5, 5.41) is 3.51. The molecule has 0 saturated carbocycles. The van der Waals surface area contributed by atoms with Gasteiger partial charge in [0, 0.05) is 34.6 Å². The first-order valence-corrected chi connectivity index (χ1v) is 8.98. The average Bonchev–Trinajstić information content (AvgIpc) is 2.87. The highest BCUT2D eigenvalue weighted by Crippen LogP contribution is 2.24. The monoisotopic (exact) mass is 432 g/mol. The Morgan fingerprint density at radius 1 is 1.36 bits per heavy atom. The molecule has 1 amide bonds. The molecule has 1 aromatic carbocycles. The van der Waals surface area contributed by atoms with E-state index in [1.54, 1.807) is 4.90 Å². The van der Waals surface area contributed by atoms with Gasteiger partial charge >= 0.3 is 6.09 Å². The Morgan fingerprint density at radius 3 is 2.73 bits per heavy atom. The second kappa shape index (κ2) is 7.32. The van der Waals surface area contributed by atoms with Gasteiger partial charge < -0.3 is 15.0 Å². The third kappa shape index (κ3) is 5.25. The summed E-state index contributed by atoms with van der Waals surface area (Å²) in [5.74, 6) is 0. The standard InChI is InChI=1S/C16H22Br2N2O2/c1-16(2,3)22-15(21)20-7-6-12(10-20)19-9-11-4-5-13(17)14(18)8-11/h4-5,8,12,19H,6-7,9-10H2,1-3H3. The van der Waals surface area contributed by atoms with E-state index in [1.165, 1.54) is 5.56 Å². The maximum atomic E-state index is 12.0. The Kier molecular flexibility index (Phi) is 5.91. The van der Waals surface area contributed by atoms with Crippen molar-refractivity contribution in [3.05, 3.63) is 32.7 Å². The first-order valence-electron chi connectivity index (χ1n) is 7.40. The van der Waals surface area contributed by atoms with Crippen LogP contribution in [0.2, 0.25) is 0 Å². The highest BCUT2D eigenvalue weighted by Gasteiger charge is 2.29. The maximum Gasteiger partial charge on any atom is 0.410 e. The van der Waals surface area contributed by atoms with E-state index >= 15 is 0 Å². The topological polar surface area (TPSA) is 41.6 Å². The van der Waals surface area contributed by atoms with Gasteiger partial charge in [-0.25, -0.2) is 4.79 Å². The minimum Gasteiger partial charge on any atom is -0.444 e. The van der Waals surface area contributed by atoms with Gasteiger partial charge in [-0.05, 0) is 76.7 Å². The van der Waals surface area contributed by atoms with Gasteiger partial charge in [0.05, 0.1) is 0 Å². The van der Waals surface area contributed by atoms with Crippen LogP contribution in [0.1, 0.15) is 32.8 Å². The van der Waals surface area contributed by atoms with E-state index < -0.39 is 5.60 Å². The molecule has 0 aliphatic carbocycles. The summed E-state index contributed by atoms with van der Waals surface area (Å²) in [6.07, 6.45) is 0.736. The number of rotatable bonds is 3. The number of likely N-dealkylation sites (tertiary alicyclic amines) is 1. The molecule has 1 saturated heterocycles. The third-order valence-electron chi connectivity index (χ3n) is 3.42. The van der Waals surface area contributed by atoms with Crippen LogP contribution in [0.25, 0.3) is 0 Å². The third-order valence-corrected chi connectivity index (χ3v) is 5.30. The highest BCUT2D eigenvalue weighted by atomic mass is 79.9. The number of nitrogens with one attached hydrogen (secondary N) is 1. The van der Waals surface area contributed by atoms with E-state index in [0.717, 1.165) is 28.5 Å². The fourth-order valence-electron chi connectivity index (χ4n) is 2.33. The van der Waals surface area contributed by atoms with Gasteiger partial charge in [-0.3, -0.25) is 0 Å². The van der Waals surface area contributed by atoms with Crippen LogP contribution in [0.15, 0.2) is 27.1 Å². The molecule has 1 aliphatic rings. The number of halogens is 2. The number of nitrogens with zero attached hydrogens (tertiary/aromatic N) is 1.